The average Bonchev–Trinajstić information content (AvgIpc) is 2.81. The van der Waals surface area contributed by atoms with Gasteiger partial charge in [0.25, 0.3) is 0 Å². The van der Waals surface area contributed by atoms with Gasteiger partial charge in [-0.2, -0.15) is 10.4 Å². The minimum atomic E-state index is -0.592. The number of nitrogens with zero attached hydrogens (tertiary/aromatic N) is 3. The van der Waals surface area contributed by atoms with Gasteiger partial charge in [0.15, 0.2) is 5.69 Å². The second kappa shape index (κ2) is 5.23. The summed E-state index contributed by atoms with van der Waals surface area (Å²) in [4.78, 5) is 11.5. The molecule has 0 spiro atoms. The predicted molar refractivity (Wildman–Crippen MR) is 65.9 cm³/mol. The Morgan fingerprint density at radius 3 is 2.74 bits per heavy atom. The van der Waals surface area contributed by atoms with E-state index in [1.54, 1.807) is 31.2 Å². The summed E-state index contributed by atoms with van der Waals surface area (Å²) in [7, 11) is 0. The molecule has 1 aromatic carbocycles. The van der Waals surface area contributed by atoms with E-state index in [0.717, 1.165) is 0 Å². The lowest BCUT2D eigenvalue weighted by atomic mass is 10.2. The third-order valence-electron chi connectivity index (χ3n) is 2.42. The molecule has 1 N–H and O–H groups in total. The highest BCUT2D eigenvalue weighted by molar-refractivity contribution is 5.87. The topological polar surface area (TPSA) is 88.1 Å². The Bertz CT molecular complexity index is 638. The first-order chi connectivity index (χ1) is 9.15. The van der Waals surface area contributed by atoms with E-state index in [0.29, 0.717) is 11.3 Å². The van der Waals surface area contributed by atoms with Crippen LogP contribution in [-0.4, -0.2) is 27.5 Å². The molecule has 96 valence electrons. The molecule has 0 aliphatic rings. The van der Waals surface area contributed by atoms with Crippen LogP contribution in [0.5, 0.6) is 5.88 Å². The summed E-state index contributed by atoms with van der Waals surface area (Å²) >= 11 is 0. The maximum absolute atomic E-state index is 11.5. The fourth-order valence-corrected chi connectivity index (χ4v) is 1.54. The van der Waals surface area contributed by atoms with Gasteiger partial charge in [-0.3, -0.25) is 0 Å². The van der Waals surface area contributed by atoms with Crippen molar-refractivity contribution >= 4 is 5.97 Å². The quantitative estimate of drug-likeness (QED) is 0.844. The van der Waals surface area contributed by atoms with Crippen LogP contribution in [0.2, 0.25) is 0 Å². The van der Waals surface area contributed by atoms with E-state index >= 15 is 0 Å². The largest absolute Gasteiger partial charge is 0.493 e. The molecule has 0 unspecified atom stereocenters. The molecule has 1 aromatic heterocycles. The van der Waals surface area contributed by atoms with E-state index < -0.39 is 5.97 Å². The lowest BCUT2D eigenvalue weighted by molar-refractivity contribution is 0.0519. The number of esters is 1. The highest BCUT2D eigenvalue weighted by Gasteiger charge is 2.15. The van der Waals surface area contributed by atoms with Crippen LogP contribution in [-0.2, 0) is 4.74 Å². The van der Waals surface area contributed by atoms with Gasteiger partial charge in [-0.1, -0.05) is 0 Å². The van der Waals surface area contributed by atoms with Crippen molar-refractivity contribution in [3.05, 3.63) is 41.6 Å². The number of carbonyl (C=O) groups is 1. The molecule has 0 saturated carbocycles. The molecule has 0 aliphatic heterocycles. The van der Waals surface area contributed by atoms with Crippen molar-refractivity contribution in [2.24, 2.45) is 0 Å². The Labute approximate surface area is 109 Å². The van der Waals surface area contributed by atoms with Crippen LogP contribution in [0.3, 0.4) is 0 Å². The molecule has 2 aromatic rings. The van der Waals surface area contributed by atoms with E-state index in [9.17, 15) is 9.90 Å². The van der Waals surface area contributed by atoms with Gasteiger partial charge in [0.1, 0.15) is 0 Å². The lowest BCUT2D eigenvalue weighted by Crippen LogP contribution is -2.06. The summed E-state index contributed by atoms with van der Waals surface area (Å²) in [6, 6.07) is 9.67. The van der Waals surface area contributed by atoms with Gasteiger partial charge in [0.05, 0.1) is 23.9 Å². The summed E-state index contributed by atoms with van der Waals surface area (Å²) in [5, 5.41) is 22.4. The summed E-state index contributed by atoms with van der Waals surface area (Å²) < 4.78 is 6.00. The molecule has 0 radical (unpaired) electrons. The number of nitriles is 1. The summed E-state index contributed by atoms with van der Waals surface area (Å²) in [6.45, 7) is 1.93. The molecule has 0 saturated heterocycles. The molecule has 2 rings (SSSR count). The van der Waals surface area contributed by atoms with Gasteiger partial charge in [-0.05, 0) is 31.2 Å². The number of aromatic nitrogens is 2. The normalized spacial score (nSPS) is 9.89. The van der Waals surface area contributed by atoms with Crippen molar-refractivity contribution in [3.63, 3.8) is 0 Å². The fraction of sp³-hybridized carbons (Fsp3) is 0.154. The molecule has 6 heteroatoms. The first kappa shape index (κ1) is 12.6. The zero-order valence-electron chi connectivity index (χ0n) is 10.2. The molecule has 0 aliphatic carbocycles. The molecule has 19 heavy (non-hydrogen) atoms. The first-order valence-electron chi connectivity index (χ1n) is 5.62. The zero-order valence-corrected chi connectivity index (χ0v) is 10.2. The van der Waals surface area contributed by atoms with Gasteiger partial charge in [-0.25, -0.2) is 9.48 Å². The molecule has 0 bridgehead atoms. The Hall–Kier alpha value is -2.81. The minimum absolute atomic E-state index is 0.0312. The van der Waals surface area contributed by atoms with Crippen LogP contribution < -0.4 is 0 Å². The van der Waals surface area contributed by atoms with Crippen molar-refractivity contribution in [1.29, 1.82) is 5.26 Å². The molecule has 0 fully saturated rings. The Morgan fingerprint density at radius 2 is 2.16 bits per heavy atom. The minimum Gasteiger partial charge on any atom is -0.493 e. The SMILES string of the molecule is CCOC(=O)c1cc(O)n(-c2ccc(C#N)cc2)n1. The van der Waals surface area contributed by atoms with Crippen LogP contribution in [0, 0.1) is 11.3 Å². The number of ether oxygens (including phenoxy) is 1. The summed E-state index contributed by atoms with van der Waals surface area (Å²) in [6.07, 6.45) is 0. The number of benzene rings is 1. The van der Waals surface area contributed by atoms with E-state index in [1.165, 1.54) is 10.7 Å². The molecule has 0 atom stereocenters. The third-order valence-corrected chi connectivity index (χ3v) is 2.42. The number of hydrogen-bond acceptors (Lipinski definition) is 5. The van der Waals surface area contributed by atoms with Gasteiger partial charge < -0.3 is 9.84 Å². The average molecular weight is 257 g/mol. The highest BCUT2D eigenvalue weighted by Crippen LogP contribution is 2.18. The Morgan fingerprint density at radius 1 is 1.47 bits per heavy atom. The predicted octanol–water partition coefficient (Wildman–Crippen LogP) is 1.63. The molecule has 6 nitrogen and oxygen atoms in total. The molecular weight excluding hydrogens is 246 g/mol. The zero-order chi connectivity index (χ0) is 13.8. The molecule has 1 heterocycles. The first-order valence-corrected chi connectivity index (χ1v) is 5.62. The van der Waals surface area contributed by atoms with Gasteiger partial charge in [-0.15, -0.1) is 0 Å². The van der Waals surface area contributed by atoms with E-state index in [2.05, 4.69) is 5.10 Å². The van der Waals surface area contributed by atoms with Crippen LogP contribution in [0.25, 0.3) is 5.69 Å². The van der Waals surface area contributed by atoms with Crippen LogP contribution in [0.15, 0.2) is 30.3 Å². The second-order valence-electron chi connectivity index (χ2n) is 3.68. The molecule has 0 amide bonds. The maximum atomic E-state index is 11.5. The van der Waals surface area contributed by atoms with Gasteiger partial charge in [0.2, 0.25) is 5.88 Å². The maximum Gasteiger partial charge on any atom is 0.358 e. The van der Waals surface area contributed by atoms with E-state index in [1.807, 2.05) is 6.07 Å². The van der Waals surface area contributed by atoms with Crippen molar-refractivity contribution in [2.75, 3.05) is 6.61 Å². The number of carbonyl (C=O) groups excluding carboxylic acids is 1. The second-order valence-corrected chi connectivity index (χ2v) is 3.68. The van der Waals surface area contributed by atoms with Crippen molar-refractivity contribution in [3.8, 4) is 17.6 Å². The number of rotatable bonds is 3. The van der Waals surface area contributed by atoms with Crippen LogP contribution >= 0.6 is 0 Å². The lowest BCUT2D eigenvalue weighted by Gasteiger charge is -2.02. The van der Waals surface area contributed by atoms with Crippen LogP contribution in [0.1, 0.15) is 23.0 Å². The van der Waals surface area contributed by atoms with Crippen molar-refractivity contribution in [2.45, 2.75) is 6.92 Å². The summed E-state index contributed by atoms with van der Waals surface area (Å²) in [5.74, 6) is -0.766. The standard InChI is InChI=1S/C13H11N3O3/c1-2-19-13(18)11-7-12(17)16(15-11)10-5-3-9(8-14)4-6-10/h3-7,17H,2H2,1H3. The Kier molecular flexibility index (Phi) is 3.48. The third kappa shape index (κ3) is 2.55. The fourth-order valence-electron chi connectivity index (χ4n) is 1.54. The van der Waals surface area contributed by atoms with Gasteiger partial charge >= 0.3 is 5.97 Å². The summed E-state index contributed by atoms with van der Waals surface area (Å²) in [5.41, 5.74) is 1.08. The van der Waals surface area contributed by atoms with Crippen LogP contribution in [0.4, 0.5) is 0 Å². The van der Waals surface area contributed by atoms with Crippen molar-refractivity contribution < 1.29 is 14.6 Å². The van der Waals surface area contributed by atoms with E-state index in [4.69, 9.17) is 10.00 Å². The van der Waals surface area contributed by atoms with Crippen molar-refractivity contribution in [1.82, 2.24) is 9.78 Å². The number of hydrogen-bond donors (Lipinski definition) is 1. The molecular formula is C13H11N3O3. The van der Waals surface area contributed by atoms with Gasteiger partial charge in [0, 0.05) is 6.07 Å². The Balaban J connectivity index is 2.34. The monoisotopic (exact) mass is 257 g/mol. The van der Waals surface area contributed by atoms with E-state index in [-0.39, 0.29) is 18.2 Å². The smallest absolute Gasteiger partial charge is 0.358 e. The highest BCUT2D eigenvalue weighted by atomic mass is 16.5. The number of aromatic hydroxyl groups is 1.